The number of ether oxygens (including phenoxy) is 2. The Bertz CT molecular complexity index is 1440. The number of carbonyl (C=O) groups is 2. The molecule has 8 heteroatoms. The van der Waals surface area contributed by atoms with Crippen molar-refractivity contribution in [1.82, 2.24) is 14.7 Å². The zero-order valence-electron chi connectivity index (χ0n) is 21.4. The minimum atomic E-state index is -0.585. The number of carbonyl (C=O) groups excluding carboxylic acids is 2. The van der Waals surface area contributed by atoms with Gasteiger partial charge >= 0.3 is 0 Å². The fourth-order valence-corrected chi connectivity index (χ4v) is 4.15. The summed E-state index contributed by atoms with van der Waals surface area (Å²) in [6, 6.07) is 19.1. The molecule has 0 saturated carbocycles. The van der Waals surface area contributed by atoms with Gasteiger partial charge in [-0.1, -0.05) is 30.9 Å². The maximum atomic E-state index is 13.5. The third kappa shape index (κ3) is 5.48. The average molecular weight is 509 g/mol. The molecule has 0 bridgehead atoms. The molecule has 1 aromatic heterocycles. The number of hydrogen-bond donors (Lipinski definition) is 0. The Morgan fingerprint density at radius 2 is 1.82 bits per heavy atom. The maximum Gasteiger partial charge on any atom is 0.271 e. The number of imide groups is 1. The first-order valence-electron chi connectivity index (χ1n) is 12.2. The van der Waals surface area contributed by atoms with Gasteiger partial charge in [0, 0.05) is 43.2 Å². The Hall–Kier alpha value is -4.74. The Kier molecular flexibility index (Phi) is 8.31. The first-order chi connectivity index (χ1) is 18.5. The fraction of sp³-hybridized carbons (Fsp3) is 0.200. The number of hydrogen-bond acceptors (Lipinski definition) is 6. The minimum absolute atomic E-state index is 0.0472. The molecule has 2 heterocycles. The summed E-state index contributed by atoms with van der Waals surface area (Å²) in [6.07, 6.45) is 5.68. The molecule has 0 unspecified atom stereocenters. The van der Waals surface area contributed by atoms with Crippen molar-refractivity contribution >= 4 is 17.9 Å². The van der Waals surface area contributed by atoms with Gasteiger partial charge in [0.15, 0.2) is 0 Å². The normalized spacial score (nSPS) is 14.7. The molecule has 0 aliphatic carbocycles. The molecule has 3 aromatic rings. The molecular formula is C30H28N4O4. The minimum Gasteiger partial charge on any atom is -0.490 e. The number of amides is 2. The van der Waals surface area contributed by atoms with Crippen LogP contribution in [0.3, 0.4) is 0 Å². The monoisotopic (exact) mass is 508 g/mol. The number of benzene rings is 2. The van der Waals surface area contributed by atoms with E-state index in [1.54, 1.807) is 30.9 Å². The Balaban J connectivity index is 1.82. The van der Waals surface area contributed by atoms with Crippen LogP contribution in [0, 0.1) is 11.3 Å². The Labute approximate surface area is 221 Å². The van der Waals surface area contributed by atoms with Crippen molar-refractivity contribution < 1.29 is 19.1 Å². The summed E-state index contributed by atoms with van der Waals surface area (Å²) in [4.78, 5) is 27.5. The maximum absolute atomic E-state index is 13.5. The number of methoxy groups -OCH3 is 1. The molecule has 4 rings (SSSR count). The van der Waals surface area contributed by atoms with Gasteiger partial charge in [-0.25, -0.2) is 4.68 Å². The van der Waals surface area contributed by atoms with Gasteiger partial charge in [-0.3, -0.25) is 14.5 Å². The summed E-state index contributed by atoms with van der Waals surface area (Å²) in [5.41, 5.74) is 3.54. The zero-order chi connectivity index (χ0) is 27.1. The SMILES string of the molecule is C=CCOc1ccc(-c2nn(-c3ccccc3)cc2/C=C2/C(=O)N(CCCOC)C(=O)C(C#N)=C2C)cc1. The van der Waals surface area contributed by atoms with Crippen LogP contribution in [0.2, 0.25) is 0 Å². The summed E-state index contributed by atoms with van der Waals surface area (Å²) < 4.78 is 12.4. The van der Waals surface area contributed by atoms with E-state index in [-0.39, 0.29) is 17.7 Å². The van der Waals surface area contributed by atoms with Crippen LogP contribution in [-0.2, 0) is 14.3 Å². The third-order valence-corrected chi connectivity index (χ3v) is 6.11. The average Bonchev–Trinajstić information content (AvgIpc) is 3.37. The first-order valence-corrected chi connectivity index (χ1v) is 12.2. The zero-order valence-corrected chi connectivity index (χ0v) is 21.4. The van der Waals surface area contributed by atoms with Crippen molar-refractivity contribution in [2.24, 2.45) is 0 Å². The largest absolute Gasteiger partial charge is 0.490 e. The standard InChI is InChI=1S/C30H28N4O4/c1-4-16-38-25-13-11-22(12-14-25)28-23(20-34(32-28)24-9-6-5-7-10-24)18-26-21(2)27(19-31)30(36)33(29(26)35)15-8-17-37-3/h4-7,9-14,18,20H,1,8,15-17H2,2-3H3/b26-18+. The van der Waals surface area contributed by atoms with Crippen molar-refractivity contribution in [2.45, 2.75) is 13.3 Å². The van der Waals surface area contributed by atoms with E-state index in [9.17, 15) is 14.9 Å². The molecule has 8 nitrogen and oxygen atoms in total. The van der Waals surface area contributed by atoms with Gasteiger partial charge in [0.1, 0.15) is 24.0 Å². The Morgan fingerprint density at radius 3 is 2.47 bits per heavy atom. The summed E-state index contributed by atoms with van der Waals surface area (Å²) in [7, 11) is 1.56. The van der Waals surface area contributed by atoms with Gasteiger partial charge in [-0.2, -0.15) is 10.4 Å². The molecule has 0 atom stereocenters. The fourth-order valence-electron chi connectivity index (χ4n) is 4.15. The van der Waals surface area contributed by atoms with Crippen LogP contribution in [0.1, 0.15) is 18.9 Å². The van der Waals surface area contributed by atoms with Crippen molar-refractivity contribution in [3.63, 3.8) is 0 Å². The Morgan fingerprint density at radius 1 is 1.08 bits per heavy atom. The second kappa shape index (κ2) is 12.0. The van der Waals surface area contributed by atoms with Gasteiger partial charge in [-0.05, 0) is 61.4 Å². The molecule has 1 aliphatic rings. The smallest absolute Gasteiger partial charge is 0.271 e. The van der Waals surface area contributed by atoms with E-state index in [0.717, 1.165) is 16.2 Å². The molecule has 38 heavy (non-hydrogen) atoms. The van der Waals surface area contributed by atoms with Crippen LogP contribution in [-0.4, -0.2) is 53.4 Å². The topological polar surface area (TPSA) is 97.4 Å². The summed E-state index contributed by atoms with van der Waals surface area (Å²) in [5, 5.41) is 14.5. The van der Waals surface area contributed by atoms with E-state index in [0.29, 0.717) is 42.2 Å². The highest BCUT2D eigenvalue weighted by molar-refractivity contribution is 6.19. The third-order valence-electron chi connectivity index (χ3n) is 6.11. The highest BCUT2D eigenvalue weighted by atomic mass is 16.5. The predicted octanol–water partition coefficient (Wildman–Crippen LogP) is 4.73. The van der Waals surface area contributed by atoms with Crippen molar-refractivity contribution in [3.8, 4) is 28.8 Å². The quantitative estimate of drug-likeness (QED) is 0.170. The molecule has 192 valence electrons. The van der Waals surface area contributed by atoms with Gasteiger partial charge in [0.2, 0.25) is 0 Å². The van der Waals surface area contributed by atoms with E-state index >= 15 is 0 Å². The molecule has 0 radical (unpaired) electrons. The van der Waals surface area contributed by atoms with Crippen LogP contribution >= 0.6 is 0 Å². The van der Waals surface area contributed by atoms with Crippen molar-refractivity contribution in [3.05, 3.63) is 95.7 Å². The molecule has 1 aliphatic heterocycles. The van der Waals surface area contributed by atoms with Crippen LogP contribution in [0.5, 0.6) is 5.75 Å². The number of rotatable bonds is 10. The van der Waals surface area contributed by atoms with E-state index in [1.165, 1.54) is 0 Å². The van der Waals surface area contributed by atoms with Crippen LogP contribution in [0.25, 0.3) is 23.0 Å². The van der Waals surface area contributed by atoms with Gasteiger partial charge in [0.25, 0.3) is 11.8 Å². The lowest BCUT2D eigenvalue weighted by atomic mass is 9.93. The summed E-state index contributed by atoms with van der Waals surface area (Å²) in [5.74, 6) is -0.339. The second-order valence-electron chi connectivity index (χ2n) is 8.62. The number of para-hydroxylation sites is 1. The van der Waals surface area contributed by atoms with E-state index in [4.69, 9.17) is 14.6 Å². The molecular weight excluding hydrogens is 480 g/mol. The van der Waals surface area contributed by atoms with E-state index in [2.05, 4.69) is 6.58 Å². The van der Waals surface area contributed by atoms with Gasteiger partial charge in [0.05, 0.1) is 11.4 Å². The molecule has 2 amide bonds. The highest BCUT2D eigenvalue weighted by Crippen LogP contribution is 2.32. The lowest BCUT2D eigenvalue weighted by Crippen LogP contribution is -2.43. The van der Waals surface area contributed by atoms with Gasteiger partial charge in [-0.15, -0.1) is 0 Å². The van der Waals surface area contributed by atoms with Crippen molar-refractivity contribution in [2.75, 3.05) is 26.9 Å². The number of aromatic nitrogens is 2. The predicted molar refractivity (Wildman–Crippen MR) is 144 cm³/mol. The lowest BCUT2D eigenvalue weighted by molar-refractivity contribution is -0.140. The second-order valence-corrected chi connectivity index (χ2v) is 8.62. The molecule has 0 saturated heterocycles. The molecule has 0 fully saturated rings. The number of nitriles is 1. The van der Waals surface area contributed by atoms with E-state index < -0.39 is 11.8 Å². The lowest BCUT2D eigenvalue weighted by Gasteiger charge is -2.27. The molecule has 0 N–H and O–H groups in total. The number of nitrogens with zero attached hydrogens (tertiary/aromatic N) is 4. The summed E-state index contributed by atoms with van der Waals surface area (Å²) >= 11 is 0. The molecule has 2 aromatic carbocycles. The van der Waals surface area contributed by atoms with Gasteiger partial charge < -0.3 is 9.47 Å². The molecule has 0 spiro atoms. The first kappa shape index (κ1) is 26.3. The van der Waals surface area contributed by atoms with Crippen LogP contribution in [0.15, 0.2) is 90.2 Å². The van der Waals surface area contributed by atoms with Crippen molar-refractivity contribution in [1.29, 1.82) is 5.26 Å². The van der Waals surface area contributed by atoms with E-state index in [1.807, 2.05) is 66.9 Å². The van der Waals surface area contributed by atoms with Crippen LogP contribution < -0.4 is 4.74 Å². The summed E-state index contributed by atoms with van der Waals surface area (Å²) in [6.45, 7) is 6.24. The van der Waals surface area contributed by atoms with Crippen LogP contribution in [0.4, 0.5) is 0 Å². The highest BCUT2D eigenvalue weighted by Gasteiger charge is 2.35.